The molecule has 8 nitrogen and oxygen atoms in total. The molecule has 0 atom stereocenters. The Bertz CT molecular complexity index is 315. The Morgan fingerprint density at radius 2 is 0.586 bits per heavy atom. The summed E-state index contributed by atoms with van der Waals surface area (Å²) in [6.45, 7) is 7.79. The second-order valence-electron chi connectivity index (χ2n) is 5.90. The normalized spacial score (nSPS) is 8.41. The molecule has 0 aliphatic carbocycles. The van der Waals surface area contributed by atoms with E-state index >= 15 is 0 Å². The number of carboxylic acids is 4. The molecule has 0 bridgehead atoms. The topological polar surface area (TPSA) is 161 Å². The summed E-state index contributed by atoms with van der Waals surface area (Å²) in [6.07, 6.45) is 7.47. The Morgan fingerprint density at radius 3 is 0.621 bits per heavy atom. The molecule has 0 aliphatic heterocycles. The van der Waals surface area contributed by atoms with E-state index in [1.807, 2.05) is 27.7 Å². The van der Waals surface area contributed by atoms with E-state index in [4.69, 9.17) is 0 Å². The molecular formula is C20H36IrO8. The van der Waals surface area contributed by atoms with E-state index in [9.17, 15) is 39.6 Å². The van der Waals surface area contributed by atoms with Crippen molar-refractivity contribution in [2.75, 3.05) is 0 Å². The molecule has 9 heteroatoms. The third-order valence-corrected chi connectivity index (χ3v) is 2.94. The van der Waals surface area contributed by atoms with Gasteiger partial charge in [-0.05, 0) is 51.4 Å². The number of rotatable bonds is 12. The first-order valence-corrected chi connectivity index (χ1v) is 9.88. The number of carboxylic acid groups (broad SMARTS) is 4. The third-order valence-electron chi connectivity index (χ3n) is 2.94. The third kappa shape index (κ3) is 75.6. The van der Waals surface area contributed by atoms with Crippen LogP contribution in [0, 0.1) is 0 Å². The zero-order chi connectivity index (χ0) is 22.8. The maximum atomic E-state index is 9.65. The van der Waals surface area contributed by atoms with Crippen LogP contribution in [-0.2, 0) is 39.3 Å². The number of carbonyl (C=O) groups is 4. The summed E-state index contributed by atoms with van der Waals surface area (Å²) in [5.41, 5.74) is 0. The van der Waals surface area contributed by atoms with Gasteiger partial charge in [0.25, 0.3) is 0 Å². The average molecular weight is 597 g/mol. The van der Waals surface area contributed by atoms with E-state index in [0.717, 1.165) is 51.4 Å². The number of carbonyl (C=O) groups excluding carboxylic acids is 4. The van der Waals surface area contributed by atoms with Gasteiger partial charge in [-0.15, -0.1) is 0 Å². The van der Waals surface area contributed by atoms with Crippen molar-refractivity contribution >= 4 is 23.9 Å². The van der Waals surface area contributed by atoms with Gasteiger partial charge in [-0.3, -0.25) is 0 Å². The summed E-state index contributed by atoms with van der Waals surface area (Å²) >= 11 is 0. The molecule has 0 heterocycles. The number of hydrogen-bond donors (Lipinski definition) is 0. The van der Waals surface area contributed by atoms with Gasteiger partial charge in [0.15, 0.2) is 0 Å². The fourth-order valence-corrected chi connectivity index (χ4v) is 1.28. The van der Waals surface area contributed by atoms with Crippen molar-refractivity contribution in [1.82, 2.24) is 0 Å². The van der Waals surface area contributed by atoms with E-state index in [-0.39, 0.29) is 45.8 Å². The van der Waals surface area contributed by atoms with Crippen LogP contribution < -0.4 is 20.4 Å². The summed E-state index contributed by atoms with van der Waals surface area (Å²) < 4.78 is 0. The van der Waals surface area contributed by atoms with Crippen molar-refractivity contribution in [3.63, 3.8) is 0 Å². The maximum Gasteiger partial charge on any atom is 4.00 e. The van der Waals surface area contributed by atoms with Crippen LogP contribution in [-0.4, -0.2) is 23.9 Å². The Morgan fingerprint density at radius 1 is 0.448 bits per heavy atom. The molecule has 0 fully saturated rings. The maximum absolute atomic E-state index is 9.65. The molecule has 0 aromatic rings. The fourth-order valence-electron chi connectivity index (χ4n) is 1.28. The summed E-state index contributed by atoms with van der Waals surface area (Å²) in [4.78, 5) is 38.6. The number of hydrogen-bond acceptors (Lipinski definition) is 8. The van der Waals surface area contributed by atoms with Gasteiger partial charge in [0.1, 0.15) is 0 Å². The minimum absolute atomic E-state index is 0. The van der Waals surface area contributed by atoms with Crippen LogP contribution in [0.5, 0.6) is 0 Å². The molecule has 173 valence electrons. The van der Waals surface area contributed by atoms with Crippen molar-refractivity contribution in [3.05, 3.63) is 0 Å². The summed E-state index contributed by atoms with van der Waals surface area (Å²) in [5.74, 6) is -3.77. The van der Waals surface area contributed by atoms with Gasteiger partial charge in [0, 0.05) is 23.9 Å². The Labute approximate surface area is 188 Å². The molecule has 0 saturated carbocycles. The van der Waals surface area contributed by atoms with Gasteiger partial charge in [-0.2, -0.15) is 0 Å². The van der Waals surface area contributed by atoms with E-state index in [1.54, 1.807) is 0 Å². The SMILES string of the molecule is CCCCC(=O)[O-].CCCCC(=O)[O-].CCCCC(=O)[O-].CCCCC(=O)[O-].[Ir+4]. The van der Waals surface area contributed by atoms with Crippen LogP contribution in [0.1, 0.15) is 105 Å². The molecule has 29 heavy (non-hydrogen) atoms. The predicted octanol–water partition coefficient (Wildman–Crippen LogP) is -0.296. The molecule has 1 radical (unpaired) electrons. The Kier molecular flexibility index (Phi) is 44.8. The van der Waals surface area contributed by atoms with Gasteiger partial charge in [0.2, 0.25) is 0 Å². The van der Waals surface area contributed by atoms with Crippen LogP contribution in [0.25, 0.3) is 0 Å². The second-order valence-corrected chi connectivity index (χ2v) is 5.90. The van der Waals surface area contributed by atoms with Gasteiger partial charge in [-0.25, -0.2) is 0 Å². The molecule has 0 amide bonds. The van der Waals surface area contributed by atoms with Gasteiger partial charge in [-0.1, -0.05) is 53.4 Å². The summed E-state index contributed by atoms with van der Waals surface area (Å²) in [6, 6.07) is 0. The van der Waals surface area contributed by atoms with E-state index in [1.165, 1.54) is 0 Å². The predicted molar refractivity (Wildman–Crippen MR) is 98.1 cm³/mol. The summed E-state index contributed by atoms with van der Waals surface area (Å²) in [5, 5.41) is 38.6. The van der Waals surface area contributed by atoms with Crippen LogP contribution in [0.2, 0.25) is 0 Å². The monoisotopic (exact) mass is 597 g/mol. The first-order chi connectivity index (χ1) is 13.1. The molecular weight excluding hydrogens is 560 g/mol. The zero-order valence-corrected chi connectivity index (χ0v) is 20.5. The zero-order valence-electron chi connectivity index (χ0n) is 18.1. The standard InChI is InChI=1S/4C5H10O2.Ir/c4*1-2-3-4-5(6)7;/h4*2-4H2,1H3,(H,6,7);/q;;;;+4/p-4. The Balaban J connectivity index is -0.0000000873. The minimum atomic E-state index is -0.943. The molecule has 0 aliphatic rings. The van der Waals surface area contributed by atoms with Gasteiger partial charge >= 0.3 is 20.1 Å². The van der Waals surface area contributed by atoms with Crippen LogP contribution >= 0.6 is 0 Å². The first-order valence-electron chi connectivity index (χ1n) is 9.88. The molecule has 0 unspecified atom stereocenters. The van der Waals surface area contributed by atoms with E-state index < -0.39 is 23.9 Å². The van der Waals surface area contributed by atoms with Gasteiger partial charge < -0.3 is 39.6 Å². The van der Waals surface area contributed by atoms with E-state index in [0.29, 0.717) is 0 Å². The van der Waals surface area contributed by atoms with Crippen molar-refractivity contribution in [1.29, 1.82) is 0 Å². The van der Waals surface area contributed by atoms with Crippen molar-refractivity contribution < 1.29 is 59.7 Å². The van der Waals surface area contributed by atoms with E-state index in [2.05, 4.69) is 0 Å². The first kappa shape index (κ1) is 38.2. The minimum Gasteiger partial charge on any atom is -0.550 e. The van der Waals surface area contributed by atoms with Crippen molar-refractivity contribution in [2.24, 2.45) is 0 Å². The fraction of sp³-hybridized carbons (Fsp3) is 0.800. The van der Waals surface area contributed by atoms with Crippen LogP contribution in [0.15, 0.2) is 0 Å². The molecule has 0 aromatic heterocycles. The quantitative estimate of drug-likeness (QED) is 0.297. The number of unbranched alkanes of at least 4 members (excludes halogenated alkanes) is 4. The molecule has 0 rings (SSSR count). The average Bonchev–Trinajstić information content (AvgIpc) is 2.62. The van der Waals surface area contributed by atoms with Crippen LogP contribution in [0.3, 0.4) is 0 Å². The molecule has 0 aromatic carbocycles. The number of aliphatic carboxylic acids is 4. The second kappa shape index (κ2) is 34.1. The van der Waals surface area contributed by atoms with Crippen molar-refractivity contribution in [3.8, 4) is 0 Å². The summed E-state index contributed by atoms with van der Waals surface area (Å²) in [7, 11) is 0. The Hall–Kier alpha value is -1.47. The van der Waals surface area contributed by atoms with Gasteiger partial charge in [0.05, 0.1) is 0 Å². The molecule has 0 saturated heterocycles. The smallest absolute Gasteiger partial charge is 0.550 e. The molecule has 0 N–H and O–H groups in total. The van der Waals surface area contributed by atoms with Crippen LogP contribution in [0.4, 0.5) is 0 Å². The van der Waals surface area contributed by atoms with Crippen molar-refractivity contribution in [2.45, 2.75) is 105 Å². The molecule has 0 spiro atoms. The largest absolute Gasteiger partial charge is 4.00 e.